The number of carbonyl (C=O) groups is 1. The van der Waals surface area contributed by atoms with Gasteiger partial charge in [-0.05, 0) is 41.8 Å². The molecule has 28 heavy (non-hydrogen) atoms. The van der Waals surface area contributed by atoms with E-state index in [1.165, 1.54) is 36.4 Å². The molecule has 0 aromatic heterocycles. The first-order valence-electron chi connectivity index (χ1n) is 8.73. The molecule has 2 aromatic rings. The number of nitrogens with zero attached hydrogens (tertiary/aromatic N) is 1. The van der Waals surface area contributed by atoms with E-state index < -0.39 is 12.2 Å². The summed E-state index contributed by atoms with van der Waals surface area (Å²) >= 11 is 0. The van der Waals surface area contributed by atoms with E-state index in [-0.39, 0.29) is 17.6 Å². The van der Waals surface area contributed by atoms with Crippen LogP contribution in [-0.4, -0.2) is 37.4 Å². The van der Waals surface area contributed by atoms with Crippen LogP contribution in [-0.2, 0) is 4.79 Å². The number of hydrogen-bond donors (Lipinski definition) is 0. The molecule has 0 bridgehead atoms. The molecule has 0 saturated carbocycles. The molecule has 150 valence electrons. The number of rotatable bonds is 5. The summed E-state index contributed by atoms with van der Waals surface area (Å²) in [4.78, 5) is 13.2. The maximum atomic E-state index is 14.0. The number of ether oxygens (including phenoxy) is 2. The van der Waals surface area contributed by atoms with E-state index in [9.17, 15) is 22.4 Å². The van der Waals surface area contributed by atoms with Gasteiger partial charge in [0.2, 0.25) is 5.91 Å². The molecule has 0 aliphatic carbocycles. The molecule has 1 saturated heterocycles. The summed E-state index contributed by atoms with van der Waals surface area (Å²) in [5, 5.41) is 0. The third kappa shape index (κ3) is 5.37. The molecule has 0 N–H and O–H groups in total. The van der Waals surface area contributed by atoms with Gasteiger partial charge in [0, 0.05) is 32.0 Å². The van der Waals surface area contributed by atoms with Gasteiger partial charge in [-0.25, -0.2) is 4.39 Å². The number of halogens is 4. The fraction of sp³-hybridized carbons (Fsp3) is 0.350. The van der Waals surface area contributed by atoms with Gasteiger partial charge in [-0.2, -0.15) is 0 Å². The number of alkyl halides is 3. The van der Waals surface area contributed by atoms with Crippen LogP contribution in [0, 0.1) is 11.7 Å². The van der Waals surface area contributed by atoms with Crippen LogP contribution >= 0.6 is 0 Å². The van der Waals surface area contributed by atoms with Crippen molar-refractivity contribution in [1.82, 2.24) is 4.90 Å². The second-order valence-corrected chi connectivity index (χ2v) is 6.74. The molecule has 1 heterocycles. The number of hydrogen-bond acceptors (Lipinski definition) is 3. The van der Waals surface area contributed by atoms with Crippen molar-refractivity contribution in [2.75, 3.05) is 20.2 Å². The quantitative estimate of drug-likeness (QED) is 0.690. The molecule has 1 fully saturated rings. The smallest absolute Gasteiger partial charge is 0.493 e. The van der Waals surface area contributed by atoms with Crippen LogP contribution in [0.2, 0.25) is 0 Å². The summed E-state index contributed by atoms with van der Waals surface area (Å²) in [6.07, 6.45) is -3.59. The van der Waals surface area contributed by atoms with Gasteiger partial charge >= 0.3 is 6.36 Å². The van der Waals surface area contributed by atoms with Crippen LogP contribution in [0.3, 0.4) is 0 Å². The van der Waals surface area contributed by atoms with Gasteiger partial charge in [0.25, 0.3) is 0 Å². The van der Waals surface area contributed by atoms with Crippen LogP contribution in [0.5, 0.6) is 11.5 Å². The van der Waals surface area contributed by atoms with Crippen molar-refractivity contribution in [2.45, 2.75) is 19.2 Å². The Labute approximate surface area is 159 Å². The highest BCUT2D eigenvalue weighted by Gasteiger charge is 2.31. The van der Waals surface area contributed by atoms with E-state index in [0.717, 1.165) is 0 Å². The van der Waals surface area contributed by atoms with Gasteiger partial charge in [0.15, 0.2) is 0 Å². The lowest BCUT2D eigenvalue weighted by atomic mass is 9.99. The Morgan fingerprint density at radius 2 is 1.79 bits per heavy atom. The molecule has 4 nitrogen and oxygen atoms in total. The average Bonchev–Trinajstić information content (AvgIpc) is 2.61. The van der Waals surface area contributed by atoms with Gasteiger partial charge in [-0.15, -0.1) is 13.2 Å². The fourth-order valence-electron chi connectivity index (χ4n) is 3.11. The SMILES string of the molecule is CN1CC(COc2cc(F)cc(-c3ccc(OC(F)(F)F)cc3)c2)CCC1=O. The Kier molecular flexibility index (Phi) is 5.76. The van der Waals surface area contributed by atoms with Crippen molar-refractivity contribution in [1.29, 1.82) is 0 Å². The molecule has 1 atom stereocenters. The molecular weight excluding hydrogens is 378 g/mol. The summed E-state index contributed by atoms with van der Waals surface area (Å²) in [6.45, 7) is 0.931. The Bertz CT molecular complexity index is 836. The third-order valence-corrected chi connectivity index (χ3v) is 4.50. The minimum atomic E-state index is -4.76. The molecular formula is C20H19F4NO3. The van der Waals surface area contributed by atoms with E-state index >= 15 is 0 Å². The third-order valence-electron chi connectivity index (χ3n) is 4.50. The average molecular weight is 397 g/mol. The van der Waals surface area contributed by atoms with Gasteiger partial charge in [-0.1, -0.05) is 12.1 Å². The second kappa shape index (κ2) is 8.08. The fourth-order valence-corrected chi connectivity index (χ4v) is 3.11. The van der Waals surface area contributed by atoms with Gasteiger partial charge in [0.1, 0.15) is 17.3 Å². The molecule has 1 aliphatic rings. The predicted octanol–water partition coefficient (Wildman–Crippen LogP) is 4.64. The normalized spacial score (nSPS) is 17.5. The standard InChI is InChI=1S/C20H19F4NO3/c1-25-11-13(2-7-19(25)26)12-27-18-9-15(8-16(21)10-18)14-3-5-17(6-4-14)28-20(22,23)24/h3-6,8-10,13H,2,7,11-12H2,1H3. The highest BCUT2D eigenvalue weighted by Crippen LogP contribution is 2.29. The molecule has 0 spiro atoms. The maximum Gasteiger partial charge on any atom is 0.573 e. The first-order chi connectivity index (χ1) is 13.2. The van der Waals surface area contributed by atoms with Gasteiger partial charge in [0.05, 0.1) is 6.61 Å². The monoisotopic (exact) mass is 397 g/mol. The largest absolute Gasteiger partial charge is 0.573 e. The van der Waals surface area contributed by atoms with E-state index in [0.29, 0.717) is 42.9 Å². The lowest BCUT2D eigenvalue weighted by Crippen LogP contribution is -2.38. The maximum absolute atomic E-state index is 14.0. The number of carbonyl (C=O) groups excluding carboxylic acids is 1. The van der Waals surface area contributed by atoms with E-state index in [4.69, 9.17) is 4.74 Å². The Hall–Kier alpha value is -2.77. The van der Waals surface area contributed by atoms with Crippen molar-refractivity contribution in [3.63, 3.8) is 0 Å². The van der Waals surface area contributed by atoms with Crippen LogP contribution in [0.25, 0.3) is 11.1 Å². The van der Waals surface area contributed by atoms with Gasteiger partial charge in [-0.3, -0.25) is 4.79 Å². The molecule has 3 rings (SSSR count). The molecule has 1 aliphatic heterocycles. The molecule has 2 aromatic carbocycles. The highest BCUT2D eigenvalue weighted by molar-refractivity contribution is 5.76. The first kappa shape index (κ1) is 20.0. The summed E-state index contributed by atoms with van der Waals surface area (Å²) in [5.41, 5.74) is 1.01. The summed E-state index contributed by atoms with van der Waals surface area (Å²) in [7, 11) is 1.74. The molecule has 1 unspecified atom stereocenters. The van der Waals surface area contributed by atoms with Crippen LogP contribution in [0.15, 0.2) is 42.5 Å². The molecule has 1 amide bonds. The van der Waals surface area contributed by atoms with E-state index in [1.807, 2.05) is 0 Å². The summed E-state index contributed by atoms with van der Waals surface area (Å²) < 4.78 is 60.3. The zero-order chi connectivity index (χ0) is 20.3. The van der Waals surface area contributed by atoms with E-state index in [2.05, 4.69) is 4.74 Å². The number of likely N-dealkylation sites (tertiary alicyclic amines) is 1. The van der Waals surface area contributed by atoms with Crippen molar-refractivity contribution in [3.8, 4) is 22.6 Å². The van der Waals surface area contributed by atoms with Crippen LogP contribution in [0.4, 0.5) is 17.6 Å². The highest BCUT2D eigenvalue weighted by atomic mass is 19.4. The van der Waals surface area contributed by atoms with Crippen molar-refractivity contribution in [3.05, 3.63) is 48.3 Å². The number of piperidine rings is 1. The lowest BCUT2D eigenvalue weighted by molar-refractivity contribution is -0.274. The van der Waals surface area contributed by atoms with Gasteiger partial charge < -0.3 is 14.4 Å². The summed E-state index contributed by atoms with van der Waals surface area (Å²) in [6, 6.07) is 9.33. The van der Waals surface area contributed by atoms with Crippen LogP contribution in [0.1, 0.15) is 12.8 Å². The second-order valence-electron chi connectivity index (χ2n) is 6.74. The number of amides is 1. The van der Waals surface area contributed by atoms with Crippen molar-refractivity contribution < 1.29 is 31.8 Å². The summed E-state index contributed by atoms with van der Waals surface area (Å²) in [5.74, 6) is -0.278. The number of benzene rings is 2. The zero-order valence-corrected chi connectivity index (χ0v) is 15.1. The topological polar surface area (TPSA) is 38.8 Å². The van der Waals surface area contributed by atoms with E-state index in [1.54, 1.807) is 18.0 Å². The minimum Gasteiger partial charge on any atom is -0.493 e. The predicted molar refractivity (Wildman–Crippen MR) is 94.4 cm³/mol. The first-order valence-corrected chi connectivity index (χ1v) is 8.73. The molecule has 0 radical (unpaired) electrons. The zero-order valence-electron chi connectivity index (χ0n) is 15.1. The lowest BCUT2D eigenvalue weighted by Gasteiger charge is -2.29. The molecule has 8 heteroatoms. The Balaban J connectivity index is 1.68. The van der Waals surface area contributed by atoms with Crippen molar-refractivity contribution in [2.24, 2.45) is 5.92 Å². The van der Waals surface area contributed by atoms with Crippen molar-refractivity contribution >= 4 is 5.91 Å². The Morgan fingerprint density at radius 1 is 1.07 bits per heavy atom. The Morgan fingerprint density at radius 3 is 2.43 bits per heavy atom. The minimum absolute atomic E-state index is 0.0993. The van der Waals surface area contributed by atoms with Crippen LogP contribution < -0.4 is 9.47 Å².